The van der Waals surface area contributed by atoms with E-state index in [0.717, 1.165) is 44.3 Å². The Hall–Kier alpha value is -4.78. The fourth-order valence-corrected chi connectivity index (χ4v) is 4.20. The van der Waals surface area contributed by atoms with Crippen molar-refractivity contribution < 1.29 is 4.79 Å². The Balaban J connectivity index is 1.23. The first-order valence-corrected chi connectivity index (χ1v) is 10.9. The van der Waals surface area contributed by atoms with Gasteiger partial charge in [-0.2, -0.15) is 5.10 Å². The molecule has 0 aliphatic rings. The van der Waals surface area contributed by atoms with E-state index in [1.807, 2.05) is 89.9 Å². The van der Waals surface area contributed by atoms with Crippen LogP contribution in [0.3, 0.4) is 0 Å². The second-order valence-electron chi connectivity index (χ2n) is 8.07. The minimum atomic E-state index is -0.143. The molecule has 0 spiro atoms. The Morgan fingerprint density at radius 1 is 0.941 bits per heavy atom. The molecular weight excluding hydrogens is 424 g/mol. The van der Waals surface area contributed by atoms with Gasteiger partial charge in [-0.05, 0) is 35.2 Å². The van der Waals surface area contributed by atoms with Gasteiger partial charge in [-0.3, -0.25) is 9.48 Å². The Morgan fingerprint density at radius 3 is 2.79 bits per heavy atom. The van der Waals surface area contributed by atoms with Gasteiger partial charge >= 0.3 is 0 Å². The van der Waals surface area contributed by atoms with Crippen LogP contribution in [0.4, 0.5) is 5.69 Å². The summed E-state index contributed by atoms with van der Waals surface area (Å²) in [5.74, 6) is -0.143. The summed E-state index contributed by atoms with van der Waals surface area (Å²) in [5, 5.41) is 10.6. The molecule has 164 valence electrons. The van der Waals surface area contributed by atoms with Gasteiger partial charge in [0.05, 0.1) is 18.4 Å². The summed E-state index contributed by atoms with van der Waals surface area (Å²) < 4.78 is 1.84. The summed E-state index contributed by atoms with van der Waals surface area (Å²) in [6.45, 7) is 0.538. The molecule has 0 saturated heterocycles. The molecule has 6 aromatic rings. The molecule has 0 fully saturated rings. The maximum atomic E-state index is 13.0. The van der Waals surface area contributed by atoms with Gasteiger partial charge in [-0.1, -0.05) is 48.5 Å². The Kier molecular flexibility index (Phi) is 4.85. The number of nitrogens with one attached hydrogen (secondary N) is 2. The summed E-state index contributed by atoms with van der Waals surface area (Å²) in [7, 11) is 0. The molecule has 6 rings (SSSR count). The number of rotatable bonds is 5. The lowest BCUT2D eigenvalue weighted by Gasteiger charge is -2.10. The van der Waals surface area contributed by atoms with Gasteiger partial charge in [0.2, 0.25) is 0 Å². The van der Waals surface area contributed by atoms with E-state index in [-0.39, 0.29) is 5.91 Å². The van der Waals surface area contributed by atoms with Crippen LogP contribution < -0.4 is 5.32 Å². The largest absolute Gasteiger partial charge is 0.346 e. The maximum absolute atomic E-state index is 13.0. The smallest absolute Gasteiger partial charge is 0.255 e. The predicted molar refractivity (Wildman–Crippen MR) is 133 cm³/mol. The first kappa shape index (κ1) is 19.9. The van der Waals surface area contributed by atoms with Crippen molar-refractivity contribution in [1.29, 1.82) is 0 Å². The summed E-state index contributed by atoms with van der Waals surface area (Å²) in [5.41, 5.74) is 4.92. The first-order chi connectivity index (χ1) is 16.7. The van der Waals surface area contributed by atoms with Crippen molar-refractivity contribution in [1.82, 2.24) is 24.7 Å². The molecular formula is C27H20N6O. The van der Waals surface area contributed by atoms with Crippen molar-refractivity contribution in [3.05, 3.63) is 109 Å². The minimum absolute atomic E-state index is 0.143. The zero-order chi connectivity index (χ0) is 22.9. The molecule has 2 N–H and O–H groups in total. The quantitative estimate of drug-likeness (QED) is 0.379. The zero-order valence-electron chi connectivity index (χ0n) is 18.1. The van der Waals surface area contributed by atoms with Gasteiger partial charge in [0.15, 0.2) is 0 Å². The standard InChI is InChI=1S/C27H20N6O/c34-27(32-24-10-4-7-19-6-1-2-9-22(19)24)20-8-3-5-18(13-20)15-33-16-21(14-31-33)25-23-11-12-28-26(23)30-17-29-25/h1-14,16-17H,15H2,(H,32,34)(H,28,29,30). The van der Waals surface area contributed by atoms with Gasteiger partial charge in [0, 0.05) is 40.0 Å². The summed E-state index contributed by atoms with van der Waals surface area (Å²) >= 11 is 0. The number of carbonyl (C=O) groups is 1. The molecule has 3 aromatic heterocycles. The predicted octanol–water partition coefficient (Wildman–Crippen LogP) is 5.28. The average molecular weight is 444 g/mol. The normalized spacial score (nSPS) is 11.2. The van der Waals surface area contributed by atoms with Crippen LogP contribution in [0.5, 0.6) is 0 Å². The number of H-pyrrole nitrogens is 1. The van der Waals surface area contributed by atoms with E-state index in [2.05, 4.69) is 25.4 Å². The molecule has 0 aliphatic heterocycles. The fraction of sp³-hybridized carbons (Fsp3) is 0.0370. The van der Waals surface area contributed by atoms with Crippen LogP contribution in [0.15, 0.2) is 97.7 Å². The van der Waals surface area contributed by atoms with E-state index in [0.29, 0.717) is 12.1 Å². The van der Waals surface area contributed by atoms with Gasteiger partial charge in [0.1, 0.15) is 12.0 Å². The fourth-order valence-electron chi connectivity index (χ4n) is 4.20. The number of aromatic nitrogens is 5. The third-order valence-electron chi connectivity index (χ3n) is 5.83. The Labute approximate surface area is 195 Å². The van der Waals surface area contributed by atoms with E-state index in [4.69, 9.17) is 0 Å². The van der Waals surface area contributed by atoms with Crippen LogP contribution in [0.1, 0.15) is 15.9 Å². The highest BCUT2D eigenvalue weighted by Gasteiger charge is 2.12. The van der Waals surface area contributed by atoms with E-state index in [1.54, 1.807) is 12.5 Å². The number of amides is 1. The number of carbonyl (C=O) groups excluding carboxylic acids is 1. The molecule has 0 bridgehead atoms. The number of benzene rings is 3. The summed E-state index contributed by atoms with van der Waals surface area (Å²) in [4.78, 5) is 24.8. The Bertz CT molecular complexity index is 1640. The number of aromatic amines is 1. The van der Waals surface area contributed by atoms with E-state index in [1.165, 1.54) is 0 Å². The molecule has 0 atom stereocenters. The molecule has 0 saturated carbocycles. The van der Waals surface area contributed by atoms with Gasteiger partial charge in [0.25, 0.3) is 5.91 Å². The van der Waals surface area contributed by atoms with Gasteiger partial charge < -0.3 is 10.3 Å². The highest BCUT2D eigenvalue weighted by atomic mass is 16.1. The minimum Gasteiger partial charge on any atom is -0.346 e. The van der Waals surface area contributed by atoms with E-state index >= 15 is 0 Å². The molecule has 7 heteroatoms. The average Bonchev–Trinajstić information content (AvgIpc) is 3.54. The summed E-state index contributed by atoms with van der Waals surface area (Å²) in [6.07, 6.45) is 7.15. The zero-order valence-corrected chi connectivity index (χ0v) is 18.1. The van der Waals surface area contributed by atoms with Crippen LogP contribution in [-0.2, 0) is 6.54 Å². The molecule has 3 heterocycles. The van der Waals surface area contributed by atoms with Crippen molar-refractivity contribution in [2.45, 2.75) is 6.54 Å². The second kappa shape index (κ2) is 8.29. The number of fused-ring (bicyclic) bond motifs is 2. The SMILES string of the molecule is O=C(Nc1cccc2ccccc12)c1cccc(Cn2cc(-c3ncnc4[nH]ccc34)cn2)c1. The number of nitrogens with zero attached hydrogens (tertiary/aromatic N) is 4. The van der Waals surface area contributed by atoms with Crippen LogP contribution in [-0.4, -0.2) is 30.6 Å². The third-order valence-corrected chi connectivity index (χ3v) is 5.83. The lowest BCUT2D eigenvalue weighted by molar-refractivity contribution is 0.102. The highest BCUT2D eigenvalue weighted by Crippen LogP contribution is 2.25. The molecule has 0 unspecified atom stereocenters. The first-order valence-electron chi connectivity index (χ1n) is 10.9. The maximum Gasteiger partial charge on any atom is 0.255 e. The van der Waals surface area contributed by atoms with Crippen LogP contribution in [0, 0.1) is 0 Å². The molecule has 0 aliphatic carbocycles. The van der Waals surface area contributed by atoms with Gasteiger partial charge in [-0.15, -0.1) is 0 Å². The number of anilines is 1. The summed E-state index contributed by atoms with van der Waals surface area (Å²) in [6, 6.07) is 23.5. The van der Waals surface area contributed by atoms with E-state index in [9.17, 15) is 4.79 Å². The van der Waals surface area contributed by atoms with Crippen molar-refractivity contribution in [2.24, 2.45) is 0 Å². The highest BCUT2D eigenvalue weighted by molar-refractivity contribution is 6.09. The van der Waals surface area contributed by atoms with Crippen molar-refractivity contribution in [2.75, 3.05) is 5.32 Å². The van der Waals surface area contributed by atoms with Crippen molar-refractivity contribution in [3.8, 4) is 11.3 Å². The number of hydrogen-bond donors (Lipinski definition) is 2. The second-order valence-corrected chi connectivity index (χ2v) is 8.07. The van der Waals surface area contributed by atoms with Crippen LogP contribution in [0.2, 0.25) is 0 Å². The molecule has 34 heavy (non-hydrogen) atoms. The number of hydrogen-bond acceptors (Lipinski definition) is 4. The third kappa shape index (κ3) is 3.69. The van der Waals surface area contributed by atoms with E-state index < -0.39 is 0 Å². The molecule has 0 radical (unpaired) electrons. The monoisotopic (exact) mass is 444 g/mol. The molecule has 1 amide bonds. The van der Waals surface area contributed by atoms with Crippen LogP contribution >= 0.6 is 0 Å². The lowest BCUT2D eigenvalue weighted by Crippen LogP contribution is -2.13. The molecule has 7 nitrogen and oxygen atoms in total. The molecule has 3 aromatic carbocycles. The topological polar surface area (TPSA) is 88.5 Å². The van der Waals surface area contributed by atoms with Crippen molar-refractivity contribution in [3.63, 3.8) is 0 Å². The van der Waals surface area contributed by atoms with Crippen LogP contribution in [0.25, 0.3) is 33.1 Å². The Morgan fingerprint density at radius 2 is 1.82 bits per heavy atom. The lowest BCUT2D eigenvalue weighted by atomic mass is 10.1. The van der Waals surface area contributed by atoms with Gasteiger partial charge in [-0.25, -0.2) is 9.97 Å². The van der Waals surface area contributed by atoms with Crippen molar-refractivity contribution >= 4 is 33.4 Å².